The SMILES string of the molecule is O=C(O)Nc1cnc(C(O)CO)c(Cl)c1. The maximum absolute atomic E-state index is 10.3. The number of anilines is 1. The number of carbonyl (C=O) groups is 1. The van der Waals surface area contributed by atoms with Gasteiger partial charge in [-0.2, -0.15) is 0 Å². The van der Waals surface area contributed by atoms with Crippen molar-refractivity contribution in [3.05, 3.63) is 23.0 Å². The fraction of sp³-hybridized carbons (Fsp3) is 0.250. The van der Waals surface area contributed by atoms with Gasteiger partial charge >= 0.3 is 6.09 Å². The first-order valence-electron chi connectivity index (χ1n) is 3.99. The van der Waals surface area contributed by atoms with Crippen LogP contribution >= 0.6 is 11.6 Å². The minimum atomic E-state index is -1.23. The van der Waals surface area contributed by atoms with Gasteiger partial charge in [-0.05, 0) is 6.07 Å². The van der Waals surface area contributed by atoms with Gasteiger partial charge in [0, 0.05) is 0 Å². The average Bonchev–Trinajstić information content (AvgIpc) is 2.16. The number of halogens is 1. The maximum atomic E-state index is 10.3. The number of amides is 1. The Balaban J connectivity index is 2.92. The van der Waals surface area contributed by atoms with Crippen LogP contribution in [0.1, 0.15) is 11.8 Å². The third-order valence-electron chi connectivity index (χ3n) is 1.61. The van der Waals surface area contributed by atoms with E-state index in [1.807, 2.05) is 0 Å². The standard InChI is InChI=1S/C8H9ClN2O4/c9-5-1-4(11-8(14)15)2-10-7(5)6(13)3-12/h1-2,6,11-13H,3H2,(H,14,15). The van der Waals surface area contributed by atoms with E-state index in [2.05, 4.69) is 10.3 Å². The van der Waals surface area contributed by atoms with Gasteiger partial charge in [0.1, 0.15) is 6.10 Å². The molecule has 1 rings (SSSR count). The molecule has 0 aliphatic carbocycles. The Morgan fingerprint density at radius 3 is 2.80 bits per heavy atom. The molecule has 0 radical (unpaired) electrons. The van der Waals surface area contributed by atoms with Crippen molar-refractivity contribution in [2.75, 3.05) is 11.9 Å². The van der Waals surface area contributed by atoms with Crippen molar-refractivity contribution in [2.24, 2.45) is 0 Å². The van der Waals surface area contributed by atoms with E-state index in [1.165, 1.54) is 12.3 Å². The molecule has 0 spiro atoms. The molecule has 0 saturated carbocycles. The molecule has 82 valence electrons. The summed E-state index contributed by atoms with van der Waals surface area (Å²) in [6, 6.07) is 1.30. The molecule has 0 aromatic carbocycles. The number of aliphatic hydroxyl groups is 2. The van der Waals surface area contributed by atoms with Crippen LogP contribution in [-0.4, -0.2) is 33.0 Å². The molecule has 1 amide bonds. The second-order valence-corrected chi connectivity index (χ2v) is 3.13. The van der Waals surface area contributed by atoms with Crippen LogP contribution in [0.2, 0.25) is 5.02 Å². The topological polar surface area (TPSA) is 103 Å². The molecule has 4 N–H and O–H groups in total. The van der Waals surface area contributed by atoms with Gasteiger partial charge in [-0.3, -0.25) is 10.3 Å². The predicted octanol–water partition coefficient (Wildman–Crippen LogP) is 0.851. The highest BCUT2D eigenvalue weighted by Crippen LogP contribution is 2.23. The van der Waals surface area contributed by atoms with Crippen LogP contribution < -0.4 is 5.32 Å². The van der Waals surface area contributed by atoms with Crippen molar-refractivity contribution in [1.82, 2.24) is 4.98 Å². The van der Waals surface area contributed by atoms with E-state index in [0.717, 1.165) is 0 Å². The summed E-state index contributed by atoms with van der Waals surface area (Å²) in [6.07, 6.45) is -1.20. The van der Waals surface area contributed by atoms with Gasteiger partial charge in [-0.1, -0.05) is 11.6 Å². The molecular formula is C8H9ClN2O4. The Hall–Kier alpha value is -1.37. The normalized spacial score (nSPS) is 12.2. The molecule has 1 heterocycles. The van der Waals surface area contributed by atoms with Gasteiger partial charge in [0.15, 0.2) is 0 Å². The molecule has 0 saturated heterocycles. The van der Waals surface area contributed by atoms with Gasteiger partial charge in [0.25, 0.3) is 0 Å². The number of nitrogens with one attached hydrogen (secondary N) is 1. The van der Waals surface area contributed by atoms with Crippen LogP contribution in [0, 0.1) is 0 Å². The molecule has 1 atom stereocenters. The first-order chi connectivity index (χ1) is 7.04. The quantitative estimate of drug-likeness (QED) is 0.619. The van der Waals surface area contributed by atoms with Crippen LogP contribution in [0.25, 0.3) is 0 Å². The number of rotatable bonds is 3. The molecular weight excluding hydrogens is 224 g/mol. The molecule has 1 aromatic rings. The van der Waals surface area contributed by atoms with Gasteiger partial charge < -0.3 is 15.3 Å². The van der Waals surface area contributed by atoms with E-state index in [-0.39, 0.29) is 16.4 Å². The van der Waals surface area contributed by atoms with Crippen molar-refractivity contribution >= 4 is 23.4 Å². The number of hydrogen-bond donors (Lipinski definition) is 4. The summed E-state index contributed by atoms with van der Waals surface area (Å²) in [4.78, 5) is 14.0. The first-order valence-corrected chi connectivity index (χ1v) is 4.36. The zero-order chi connectivity index (χ0) is 11.4. The van der Waals surface area contributed by atoms with Gasteiger partial charge in [-0.25, -0.2) is 4.79 Å². The maximum Gasteiger partial charge on any atom is 0.409 e. The Morgan fingerprint density at radius 1 is 1.67 bits per heavy atom. The molecule has 7 heteroatoms. The highest BCUT2D eigenvalue weighted by Gasteiger charge is 2.13. The summed E-state index contributed by atoms with van der Waals surface area (Å²) in [5, 5.41) is 28.5. The second kappa shape index (κ2) is 4.92. The fourth-order valence-corrected chi connectivity index (χ4v) is 1.26. The summed E-state index contributed by atoms with van der Waals surface area (Å²) in [5.74, 6) is 0. The Bertz CT molecular complexity index is 372. The number of hydrogen-bond acceptors (Lipinski definition) is 4. The van der Waals surface area contributed by atoms with E-state index in [1.54, 1.807) is 0 Å². The molecule has 0 aliphatic heterocycles. The van der Waals surface area contributed by atoms with Crippen LogP contribution in [-0.2, 0) is 0 Å². The smallest absolute Gasteiger partial charge is 0.409 e. The number of nitrogens with zero attached hydrogens (tertiary/aromatic N) is 1. The molecule has 1 unspecified atom stereocenters. The highest BCUT2D eigenvalue weighted by atomic mass is 35.5. The minimum Gasteiger partial charge on any atom is -0.465 e. The zero-order valence-corrected chi connectivity index (χ0v) is 8.27. The van der Waals surface area contributed by atoms with E-state index < -0.39 is 18.8 Å². The Morgan fingerprint density at radius 2 is 2.33 bits per heavy atom. The van der Waals surface area contributed by atoms with Gasteiger partial charge in [-0.15, -0.1) is 0 Å². The van der Waals surface area contributed by atoms with Gasteiger partial charge in [0.2, 0.25) is 0 Å². The van der Waals surface area contributed by atoms with Crippen molar-refractivity contribution in [3.8, 4) is 0 Å². The largest absolute Gasteiger partial charge is 0.465 e. The van der Waals surface area contributed by atoms with Crippen molar-refractivity contribution < 1.29 is 20.1 Å². The third kappa shape index (κ3) is 3.05. The van der Waals surface area contributed by atoms with E-state index in [0.29, 0.717) is 0 Å². The fourth-order valence-electron chi connectivity index (χ4n) is 0.972. The minimum absolute atomic E-state index is 0.0859. The summed E-state index contributed by atoms with van der Waals surface area (Å²) in [5.41, 5.74) is 0.302. The number of pyridine rings is 1. The monoisotopic (exact) mass is 232 g/mol. The summed E-state index contributed by atoms with van der Waals surface area (Å²) >= 11 is 5.72. The van der Waals surface area contributed by atoms with Crippen LogP contribution in [0.15, 0.2) is 12.3 Å². The lowest BCUT2D eigenvalue weighted by atomic mass is 10.2. The Kier molecular flexibility index (Phi) is 3.84. The Labute approximate surface area is 90.1 Å². The summed E-state index contributed by atoms with van der Waals surface area (Å²) in [6.45, 7) is -0.502. The average molecular weight is 233 g/mol. The molecule has 0 bridgehead atoms. The highest BCUT2D eigenvalue weighted by molar-refractivity contribution is 6.31. The lowest BCUT2D eigenvalue weighted by molar-refractivity contribution is 0.0924. The van der Waals surface area contributed by atoms with Crippen molar-refractivity contribution in [1.29, 1.82) is 0 Å². The van der Waals surface area contributed by atoms with Crippen LogP contribution in [0.4, 0.5) is 10.5 Å². The van der Waals surface area contributed by atoms with Crippen molar-refractivity contribution in [2.45, 2.75) is 6.10 Å². The lowest BCUT2D eigenvalue weighted by Crippen LogP contribution is -2.10. The summed E-state index contributed by atoms with van der Waals surface area (Å²) in [7, 11) is 0. The zero-order valence-electron chi connectivity index (χ0n) is 7.51. The van der Waals surface area contributed by atoms with E-state index in [9.17, 15) is 9.90 Å². The van der Waals surface area contributed by atoms with Crippen LogP contribution in [0.5, 0.6) is 0 Å². The second-order valence-electron chi connectivity index (χ2n) is 2.72. The number of carboxylic acid groups (broad SMARTS) is 1. The predicted molar refractivity (Wildman–Crippen MR) is 52.9 cm³/mol. The summed E-state index contributed by atoms with van der Waals surface area (Å²) < 4.78 is 0. The molecule has 0 fully saturated rings. The van der Waals surface area contributed by atoms with Crippen molar-refractivity contribution in [3.63, 3.8) is 0 Å². The lowest BCUT2D eigenvalue weighted by Gasteiger charge is -2.09. The van der Waals surface area contributed by atoms with Crippen LogP contribution in [0.3, 0.4) is 0 Å². The van der Waals surface area contributed by atoms with E-state index >= 15 is 0 Å². The molecule has 6 nitrogen and oxygen atoms in total. The molecule has 1 aromatic heterocycles. The first kappa shape index (κ1) is 11.7. The third-order valence-corrected chi connectivity index (χ3v) is 1.91. The molecule has 0 aliphatic rings. The van der Waals surface area contributed by atoms with Gasteiger partial charge in [0.05, 0.1) is 29.2 Å². The molecule has 15 heavy (non-hydrogen) atoms. The number of aliphatic hydroxyl groups excluding tert-OH is 2. The van der Waals surface area contributed by atoms with E-state index in [4.69, 9.17) is 21.8 Å². The number of aromatic nitrogens is 1.